The standard InChI is InChI=1S/C12H16ClN3O3S2/c1-8-6-15(7-12(2,3)19-8)21(17,18)10-9(13)14-11-16(10)4-5-20-11/h4-5,8H,6-7H2,1-3H3. The lowest BCUT2D eigenvalue weighted by molar-refractivity contribution is -0.109. The van der Waals surface area contributed by atoms with E-state index in [1.54, 1.807) is 11.6 Å². The number of fused-ring (bicyclic) bond motifs is 1. The summed E-state index contributed by atoms with van der Waals surface area (Å²) < 4.78 is 34.6. The van der Waals surface area contributed by atoms with Crippen LogP contribution >= 0.6 is 22.9 Å². The van der Waals surface area contributed by atoms with Crippen molar-refractivity contribution >= 4 is 37.9 Å². The molecule has 3 heterocycles. The van der Waals surface area contributed by atoms with Crippen LogP contribution in [0.15, 0.2) is 16.6 Å². The van der Waals surface area contributed by atoms with Crippen LogP contribution in [0, 0.1) is 0 Å². The smallest absolute Gasteiger partial charge is 0.262 e. The molecule has 1 aliphatic rings. The predicted octanol–water partition coefficient (Wildman–Crippen LogP) is 2.24. The van der Waals surface area contributed by atoms with Gasteiger partial charge < -0.3 is 4.74 Å². The van der Waals surface area contributed by atoms with Gasteiger partial charge in [0.25, 0.3) is 10.0 Å². The minimum Gasteiger partial charge on any atom is -0.370 e. The van der Waals surface area contributed by atoms with E-state index in [-0.39, 0.29) is 22.8 Å². The second-order valence-corrected chi connectivity index (χ2v) is 8.83. The highest BCUT2D eigenvalue weighted by molar-refractivity contribution is 7.89. The molecule has 0 spiro atoms. The number of hydrogen-bond acceptors (Lipinski definition) is 5. The summed E-state index contributed by atoms with van der Waals surface area (Å²) in [5.74, 6) is 0. The number of nitrogens with zero attached hydrogens (tertiary/aromatic N) is 3. The molecule has 0 aromatic carbocycles. The molecule has 21 heavy (non-hydrogen) atoms. The molecule has 1 saturated heterocycles. The van der Waals surface area contributed by atoms with Gasteiger partial charge in [-0.2, -0.15) is 4.31 Å². The van der Waals surface area contributed by atoms with Crippen molar-refractivity contribution in [2.75, 3.05) is 13.1 Å². The lowest BCUT2D eigenvalue weighted by Crippen LogP contribution is -2.53. The van der Waals surface area contributed by atoms with Gasteiger partial charge in [-0.1, -0.05) is 11.6 Å². The van der Waals surface area contributed by atoms with Crippen LogP contribution in [0.1, 0.15) is 20.8 Å². The van der Waals surface area contributed by atoms with Gasteiger partial charge in [0, 0.05) is 24.7 Å². The number of ether oxygens (including phenoxy) is 1. The Morgan fingerprint density at radius 2 is 2.24 bits per heavy atom. The van der Waals surface area contributed by atoms with Gasteiger partial charge in [0.05, 0.1) is 11.7 Å². The number of aromatic nitrogens is 2. The van der Waals surface area contributed by atoms with E-state index >= 15 is 0 Å². The molecule has 0 bridgehead atoms. The highest BCUT2D eigenvalue weighted by Crippen LogP contribution is 2.31. The Morgan fingerprint density at radius 1 is 1.52 bits per heavy atom. The van der Waals surface area contributed by atoms with Crippen molar-refractivity contribution in [1.82, 2.24) is 13.7 Å². The summed E-state index contributed by atoms with van der Waals surface area (Å²) in [5.41, 5.74) is -0.532. The third-order valence-electron chi connectivity index (χ3n) is 3.30. The van der Waals surface area contributed by atoms with E-state index in [2.05, 4.69) is 4.98 Å². The van der Waals surface area contributed by atoms with E-state index in [4.69, 9.17) is 16.3 Å². The van der Waals surface area contributed by atoms with E-state index in [0.29, 0.717) is 11.5 Å². The van der Waals surface area contributed by atoms with Crippen molar-refractivity contribution in [2.45, 2.75) is 37.5 Å². The molecule has 3 rings (SSSR count). The summed E-state index contributed by atoms with van der Waals surface area (Å²) >= 11 is 7.40. The Labute approximate surface area is 132 Å². The molecule has 1 unspecified atom stereocenters. The normalized spacial score (nSPS) is 23.7. The molecular formula is C12H16ClN3O3S2. The monoisotopic (exact) mass is 349 g/mol. The fraction of sp³-hybridized carbons (Fsp3) is 0.583. The first-order valence-electron chi connectivity index (χ1n) is 6.50. The van der Waals surface area contributed by atoms with Crippen molar-refractivity contribution in [3.05, 3.63) is 16.7 Å². The van der Waals surface area contributed by atoms with Crippen molar-refractivity contribution in [1.29, 1.82) is 0 Å². The Hall–Kier alpha value is -0.670. The fourth-order valence-electron chi connectivity index (χ4n) is 2.67. The summed E-state index contributed by atoms with van der Waals surface area (Å²) in [6.07, 6.45) is 1.49. The van der Waals surface area contributed by atoms with Gasteiger partial charge in [0.2, 0.25) is 0 Å². The number of sulfonamides is 1. The second kappa shape index (κ2) is 4.92. The summed E-state index contributed by atoms with van der Waals surface area (Å²) in [4.78, 5) is 4.67. The Bertz CT molecular complexity index is 781. The van der Waals surface area contributed by atoms with E-state index < -0.39 is 15.6 Å². The fourth-order valence-corrected chi connectivity index (χ4v) is 5.74. The minimum absolute atomic E-state index is 0.0128. The molecule has 0 saturated carbocycles. The van der Waals surface area contributed by atoms with Gasteiger partial charge in [0.1, 0.15) is 0 Å². The zero-order valence-electron chi connectivity index (χ0n) is 11.9. The van der Waals surface area contributed by atoms with Gasteiger partial charge in [-0.15, -0.1) is 11.3 Å². The maximum absolute atomic E-state index is 12.9. The van der Waals surface area contributed by atoms with Crippen molar-refractivity contribution in [2.24, 2.45) is 0 Å². The molecule has 0 N–H and O–H groups in total. The maximum Gasteiger partial charge on any atom is 0.262 e. The molecule has 0 amide bonds. The molecule has 116 valence electrons. The summed E-state index contributed by atoms with van der Waals surface area (Å²) in [5, 5.41) is 1.83. The summed E-state index contributed by atoms with van der Waals surface area (Å²) in [7, 11) is -3.72. The topological polar surface area (TPSA) is 63.9 Å². The van der Waals surface area contributed by atoms with E-state index in [9.17, 15) is 8.42 Å². The maximum atomic E-state index is 12.9. The van der Waals surface area contributed by atoms with Crippen LogP contribution in [0.25, 0.3) is 4.96 Å². The molecule has 9 heteroatoms. The van der Waals surface area contributed by atoms with Crippen LogP contribution in [0.5, 0.6) is 0 Å². The SMILES string of the molecule is CC1CN(S(=O)(=O)c2c(Cl)nc3sccn23)CC(C)(C)O1. The van der Waals surface area contributed by atoms with E-state index in [0.717, 1.165) is 0 Å². The lowest BCUT2D eigenvalue weighted by atomic mass is 10.1. The molecule has 0 radical (unpaired) electrons. The summed E-state index contributed by atoms with van der Waals surface area (Å²) in [6, 6.07) is 0. The third kappa shape index (κ3) is 2.59. The average Bonchev–Trinajstić information content (AvgIpc) is 2.84. The molecule has 2 aromatic heterocycles. The highest BCUT2D eigenvalue weighted by Gasteiger charge is 2.40. The van der Waals surface area contributed by atoms with Gasteiger partial charge in [-0.25, -0.2) is 13.4 Å². The molecule has 1 aliphatic heterocycles. The van der Waals surface area contributed by atoms with E-state index in [1.165, 1.54) is 20.0 Å². The third-order valence-corrected chi connectivity index (χ3v) is 6.27. The van der Waals surface area contributed by atoms with Crippen molar-refractivity contribution in [3.63, 3.8) is 0 Å². The van der Waals surface area contributed by atoms with Crippen LogP contribution in [-0.2, 0) is 14.8 Å². The largest absolute Gasteiger partial charge is 0.370 e. The number of thiazole rings is 1. The average molecular weight is 350 g/mol. The van der Waals surface area contributed by atoms with E-state index in [1.807, 2.05) is 20.8 Å². The van der Waals surface area contributed by atoms with Gasteiger partial charge in [-0.05, 0) is 20.8 Å². The van der Waals surface area contributed by atoms with Gasteiger partial charge in [-0.3, -0.25) is 4.40 Å². The van der Waals surface area contributed by atoms with Crippen molar-refractivity contribution in [3.8, 4) is 0 Å². The van der Waals surface area contributed by atoms with Crippen LogP contribution < -0.4 is 0 Å². The number of imidazole rings is 1. The lowest BCUT2D eigenvalue weighted by Gasteiger charge is -2.40. The van der Waals surface area contributed by atoms with Gasteiger partial charge in [0.15, 0.2) is 15.1 Å². The number of rotatable bonds is 2. The number of halogens is 1. The zero-order valence-corrected chi connectivity index (χ0v) is 14.3. The molecule has 2 aromatic rings. The Balaban J connectivity index is 2.08. The molecule has 1 fully saturated rings. The first-order valence-corrected chi connectivity index (χ1v) is 9.19. The first kappa shape index (κ1) is 15.2. The highest BCUT2D eigenvalue weighted by atomic mass is 35.5. The van der Waals surface area contributed by atoms with Crippen LogP contribution in [0.2, 0.25) is 5.15 Å². The van der Waals surface area contributed by atoms with Crippen LogP contribution in [0.3, 0.4) is 0 Å². The van der Waals surface area contributed by atoms with Crippen LogP contribution in [-0.4, -0.2) is 46.9 Å². The minimum atomic E-state index is -3.72. The second-order valence-electron chi connectivity index (χ2n) is 5.75. The number of hydrogen-bond donors (Lipinski definition) is 0. The molecular weight excluding hydrogens is 334 g/mol. The number of morpholine rings is 1. The van der Waals surface area contributed by atoms with Crippen molar-refractivity contribution < 1.29 is 13.2 Å². The Kier molecular flexibility index (Phi) is 3.57. The molecule has 1 atom stereocenters. The first-order chi connectivity index (χ1) is 9.71. The Morgan fingerprint density at radius 3 is 2.90 bits per heavy atom. The summed E-state index contributed by atoms with van der Waals surface area (Å²) in [6.45, 7) is 6.21. The van der Waals surface area contributed by atoms with Gasteiger partial charge >= 0.3 is 0 Å². The van der Waals surface area contributed by atoms with Crippen LogP contribution in [0.4, 0.5) is 0 Å². The quantitative estimate of drug-likeness (QED) is 0.834. The predicted molar refractivity (Wildman–Crippen MR) is 81.5 cm³/mol. The zero-order chi connectivity index (χ0) is 15.4. The molecule has 6 nitrogen and oxygen atoms in total. The molecule has 0 aliphatic carbocycles.